The molecule has 8 heteroatoms. The molecule has 1 fully saturated rings. The lowest BCUT2D eigenvalue weighted by Crippen LogP contribution is -2.38. The number of guanidine groups is 1. The first-order valence-electron chi connectivity index (χ1n) is 15.8. The number of rotatable bonds is 11. The Bertz CT molecular complexity index is 1690. The molecule has 0 N–H and O–H groups in total. The Morgan fingerprint density at radius 3 is 2.00 bits per heavy atom. The molecule has 2 atom stereocenters. The lowest BCUT2D eigenvalue weighted by Gasteiger charge is -2.21. The molecule has 0 aliphatic carbocycles. The summed E-state index contributed by atoms with van der Waals surface area (Å²) in [6, 6.07) is 34.7. The van der Waals surface area contributed by atoms with E-state index in [1.165, 1.54) is 4.90 Å². The largest absolute Gasteiger partial charge is 0.497 e. The zero-order valence-electron chi connectivity index (χ0n) is 27.3. The van der Waals surface area contributed by atoms with E-state index in [2.05, 4.69) is 4.99 Å². The van der Waals surface area contributed by atoms with E-state index in [0.29, 0.717) is 25.1 Å². The van der Waals surface area contributed by atoms with Crippen molar-refractivity contribution in [1.29, 1.82) is 0 Å². The zero-order chi connectivity index (χ0) is 33.2. The zero-order valence-corrected chi connectivity index (χ0v) is 27.3. The van der Waals surface area contributed by atoms with E-state index in [1.54, 1.807) is 7.11 Å². The van der Waals surface area contributed by atoms with Crippen LogP contribution in [0.4, 0.5) is 4.79 Å². The molecule has 4 aromatic carbocycles. The first kappa shape index (κ1) is 33.0. The van der Waals surface area contributed by atoms with E-state index in [1.807, 2.05) is 141 Å². The molecule has 1 saturated heterocycles. The number of nitrogens with zero attached hydrogens (tertiary/aromatic N) is 3. The van der Waals surface area contributed by atoms with Crippen LogP contribution in [0.5, 0.6) is 11.5 Å². The molecule has 0 bridgehead atoms. The lowest BCUT2D eigenvalue weighted by molar-refractivity contribution is -0.121. The molecule has 2 amide bonds. The van der Waals surface area contributed by atoms with Crippen molar-refractivity contribution in [1.82, 2.24) is 9.80 Å². The first-order valence-corrected chi connectivity index (χ1v) is 15.8. The van der Waals surface area contributed by atoms with Gasteiger partial charge in [0.05, 0.1) is 18.8 Å². The summed E-state index contributed by atoms with van der Waals surface area (Å²) in [4.78, 5) is 35.0. The number of benzene rings is 4. The summed E-state index contributed by atoms with van der Waals surface area (Å²) in [5.41, 5.74) is 4.49. The van der Waals surface area contributed by atoms with Gasteiger partial charge in [0.15, 0.2) is 0 Å². The van der Waals surface area contributed by atoms with Crippen molar-refractivity contribution < 1.29 is 23.8 Å². The molecule has 47 heavy (non-hydrogen) atoms. The SMILES string of the molecule is CCC(C)C(=O)N=C1N(C(=O)OCc2ccccc2)/C(=C/c2ccc(OC)cc2)C(Cc2ccc(OCc3ccccc3)cc2)N1C. The minimum absolute atomic E-state index is 0.0808. The Balaban J connectivity index is 1.48. The maximum absolute atomic E-state index is 13.9. The standard InChI is InChI=1S/C39H41N3O5/c1-5-28(2)37(43)40-38-41(3)35(24-29-18-22-34(23-19-29)46-26-31-12-8-6-9-13-31)36(25-30-16-20-33(45-4)21-17-30)42(38)39(44)47-27-32-14-10-7-11-15-32/h6-23,25,28,35H,5,24,26-27H2,1-4H3/b36-25+,40-38?. The number of aliphatic imine (C=N–C) groups is 1. The average molecular weight is 632 g/mol. The van der Waals surface area contributed by atoms with E-state index in [-0.39, 0.29) is 30.4 Å². The number of likely N-dealkylation sites (N-methyl/N-ethyl adjacent to an activating group) is 1. The van der Waals surface area contributed by atoms with Crippen LogP contribution in [0.25, 0.3) is 6.08 Å². The van der Waals surface area contributed by atoms with Crippen LogP contribution in [-0.2, 0) is 29.2 Å². The number of amides is 2. The number of hydrogen-bond acceptors (Lipinski definition) is 5. The van der Waals surface area contributed by atoms with Crippen LogP contribution in [-0.4, -0.2) is 48.0 Å². The Hall–Kier alpha value is -5.37. The van der Waals surface area contributed by atoms with Crippen molar-refractivity contribution in [3.8, 4) is 11.5 Å². The van der Waals surface area contributed by atoms with Gasteiger partial charge < -0.3 is 19.1 Å². The second-order valence-corrected chi connectivity index (χ2v) is 11.5. The van der Waals surface area contributed by atoms with Gasteiger partial charge in [-0.15, -0.1) is 0 Å². The monoisotopic (exact) mass is 631 g/mol. The van der Waals surface area contributed by atoms with Gasteiger partial charge in [-0.25, -0.2) is 9.69 Å². The molecule has 4 aromatic rings. The third-order valence-electron chi connectivity index (χ3n) is 8.25. The molecule has 5 rings (SSSR count). The normalized spacial score (nSPS) is 16.7. The van der Waals surface area contributed by atoms with Crippen molar-refractivity contribution in [3.05, 3.63) is 137 Å². The lowest BCUT2D eigenvalue weighted by atomic mass is 10.0. The molecule has 242 valence electrons. The summed E-state index contributed by atoms with van der Waals surface area (Å²) in [5, 5.41) is 0. The van der Waals surface area contributed by atoms with Crippen LogP contribution in [0.1, 0.15) is 42.5 Å². The molecule has 0 aromatic heterocycles. The highest BCUT2D eigenvalue weighted by atomic mass is 16.6. The Morgan fingerprint density at radius 2 is 1.40 bits per heavy atom. The van der Waals surface area contributed by atoms with Crippen LogP contribution >= 0.6 is 0 Å². The van der Waals surface area contributed by atoms with Crippen LogP contribution in [0, 0.1) is 5.92 Å². The molecule has 1 aliphatic heterocycles. The molecule has 1 heterocycles. The summed E-state index contributed by atoms with van der Waals surface area (Å²) >= 11 is 0. The van der Waals surface area contributed by atoms with Crippen molar-refractivity contribution in [2.75, 3.05) is 14.2 Å². The van der Waals surface area contributed by atoms with Gasteiger partial charge in [0.1, 0.15) is 24.7 Å². The number of carbonyl (C=O) groups is 2. The topological polar surface area (TPSA) is 80.7 Å². The van der Waals surface area contributed by atoms with E-state index < -0.39 is 6.09 Å². The minimum Gasteiger partial charge on any atom is -0.497 e. The Kier molecular flexibility index (Phi) is 11.1. The quantitative estimate of drug-likeness (QED) is 0.169. The highest BCUT2D eigenvalue weighted by Gasteiger charge is 2.43. The second kappa shape index (κ2) is 15.8. The molecular formula is C39H41N3O5. The second-order valence-electron chi connectivity index (χ2n) is 11.5. The number of carbonyl (C=O) groups excluding carboxylic acids is 2. The fourth-order valence-electron chi connectivity index (χ4n) is 5.20. The molecular weight excluding hydrogens is 590 g/mol. The molecule has 0 spiro atoms. The third kappa shape index (κ3) is 8.47. The summed E-state index contributed by atoms with van der Waals surface area (Å²) in [5.74, 6) is 1.14. The average Bonchev–Trinajstić information content (AvgIpc) is 3.36. The van der Waals surface area contributed by atoms with Crippen molar-refractivity contribution in [2.45, 2.75) is 45.9 Å². The summed E-state index contributed by atoms with van der Waals surface area (Å²) < 4.78 is 17.2. The highest BCUT2D eigenvalue weighted by molar-refractivity contribution is 6.05. The first-order chi connectivity index (χ1) is 22.9. The number of ether oxygens (including phenoxy) is 3. The van der Waals surface area contributed by atoms with Gasteiger partial charge in [0.25, 0.3) is 5.91 Å². The van der Waals surface area contributed by atoms with Gasteiger partial charge in [0, 0.05) is 13.0 Å². The van der Waals surface area contributed by atoms with Crippen molar-refractivity contribution >= 4 is 24.0 Å². The van der Waals surface area contributed by atoms with Crippen molar-refractivity contribution in [3.63, 3.8) is 0 Å². The molecule has 0 saturated carbocycles. The van der Waals surface area contributed by atoms with Crippen LogP contribution in [0.15, 0.2) is 120 Å². The van der Waals surface area contributed by atoms with Gasteiger partial charge in [-0.2, -0.15) is 4.99 Å². The Morgan fingerprint density at radius 1 is 0.809 bits per heavy atom. The van der Waals surface area contributed by atoms with Gasteiger partial charge in [-0.3, -0.25) is 4.79 Å². The fourth-order valence-corrected chi connectivity index (χ4v) is 5.20. The van der Waals surface area contributed by atoms with E-state index in [9.17, 15) is 9.59 Å². The van der Waals surface area contributed by atoms with E-state index in [0.717, 1.165) is 33.8 Å². The third-order valence-corrected chi connectivity index (χ3v) is 8.25. The Labute approximate surface area is 276 Å². The van der Waals surface area contributed by atoms with Gasteiger partial charge in [0.2, 0.25) is 5.96 Å². The summed E-state index contributed by atoms with van der Waals surface area (Å²) in [6.45, 7) is 4.34. The minimum atomic E-state index is -0.608. The fraction of sp³-hybridized carbons (Fsp3) is 0.256. The summed E-state index contributed by atoms with van der Waals surface area (Å²) in [6.07, 6.45) is 2.51. The summed E-state index contributed by atoms with van der Waals surface area (Å²) in [7, 11) is 3.48. The van der Waals surface area contributed by atoms with E-state index in [4.69, 9.17) is 14.2 Å². The predicted octanol–water partition coefficient (Wildman–Crippen LogP) is 7.74. The maximum Gasteiger partial charge on any atom is 0.421 e. The van der Waals surface area contributed by atoms with Gasteiger partial charge in [-0.05, 0) is 65.4 Å². The van der Waals surface area contributed by atoms with Crippen LogP contribution in [0.3, 0.4) is 0 Å². The van der Waals surface area contributed by atoms with Gasteiger partial charge in [-0.1, -0.05) is 98.8 Å². The highest BCUT2D eigenvalue weighted by Crippen LogP contribution is 2.32. The molecule has 8 nitrogen and oxygen atoms in total. The number of hydrogen-bond donors (Lipinski definition) is 0. The van der Waals surface area contributed by atoms with Crippen molar-refractivity contribution in [2.24, 2.45) is 10.9 Å². The molecule has 0 radical (unpaired) electrons. The van der Waals surface area contributed by atoms with E-state index >= 15 is 0 Å². The number of methoxy groups -OCH3 is 1. The smallest absolute Gasteiger partial charge is 0.421 e. The predicted molar refractivity (Wildman–Crippen MR) is 184 cm³/mol. The van der Waals surface area contributed by atoms with Crippen LogP contribution < -0.4 is 9.47 Å². The van der Waals surface area contributed by atoms with Gasteiger partial charge >= 0.3 is 6.09 Å². The maximum atomic E-state index is 13.9. The molecule has 1 aliphatic rings. The van der Waals surface area contributed by atoms with Crippen LogP contribution in [0.2, 0.25) is 0 Å². The molecule has 2 unspecified atom stereocenters.